The van der Waals surface area contributed by atoms with Gasteiger partial charge in [-0.1, -0.05) is 12.1 Å². The number of carbonyl (C=O) groups is 3. The minimum absolute atomic E-state index is 0.00868. The van der Waals surface area contributed by atoms with Crippen LogP contribution in [0.3, 0.4) is 0 Å². The van der Waals surface area contributed by atoms with Crippen LogP contribution in [0, 0.1) is 5.82 Å². The lowest BCUT2D eigenvalue weighted by Crippen LogP contribution is -2.15. The summed E-state index contributed by atoms with van der Waals surface area (Å²) < 4.78 is 28.1. The molecule has 0 radical (unpaired) electrons. The van der Waals surface area contributed by atoms with Gasteiger partial charge in [0.2, 0.25) is 0 Å². The first-order valence-electron chi connectivity index (χ1n) is 8.52. The van der Waals surface area contributed by atoms with Crippen molar-refractivity contribution >= 4 is 23.5 Å². The van der Waals surface area contributed by atoms with Crippen LogP contribution in [-0.4, -0.2) is 36.0 Å². The maximum atomic E-state index is 13.1. The summed E-state index contributed by atoms with van der Waals surface area (Å²) in [6.45, 7) is 3.30. The van der Waals surface area contributed by atoms with Crippen molar-refractivity contribution in [1.82, 2.24) is 0 Å². The zero-order chi connectivity index (χ0) is 20.7. The first-order chi connectivity index (χ1) is 13.3. The number of rotatable bonds is 8. The first-order valence-corrected chi connectivity index (χ1v) is 8.52. The number of benzene rings is 1. The molecule has 2 rings (SSSR count). The lowest BCUT2D eigenvalue weighted by Gasteiger charge is -2.03. The molecule has 0 atom stereocenters. The molecule has 0 aliphatic rings. The number of aliphatic hydroxyl groups is 1. The van der Waals surface area contributed by atoms with Gasteiger partial charge in [0.25, 0.3) is 5.78 Å². The van der Waals surface area contributed by atoms with E-state index in [0.717, 1.165) is 0 Å². The number of furan rings is 1. The molecule has 0 saturated carbocycles. The van der Waals surface area contributed by atoms with E-state index in [4.69, 9.17) is 9.15 Å². The predicted octanol–water partition coefficient (Wildman–Crippen LogP) is 3.22. The SMILES string of the molecule is CCOC(=O)C(=O)C=C(O)c1cc(C(=O)OCC)c(Cc2ccc(F)cc2)o1. The van der Waals surface area contributed by atoms with Gasteiger partial charge in [0.05, 0.1) is 13.2 Å². The molecule has 0 spiro atoms. The number of ether oxygens (including phenoxy) is 2. The van der Waals surface area contributed by atoms with Crippen LogP contribution in [0.15, 0.2) is 40.8 Å². The van der Waals surface area contributed by atoms with Gasteiger partial charge >= 0.3 is 11.9 Å². The molecule has 0 amide bonds. The van der Waals surface area contributed by atoms with Gasteiger partial charge in [-0.15, -0.1) is 0 Å². The minimum Gasteiger partial charge on any atom is -0.504 e. The maximum absolute atomic E-state index is 13.1. The second-order valence-corrected chi connectivity index (χ2v) is 5.59. The van der Waals surface area contributed by atoms with Crippen LogP contribution in [0.25, 0.3) is 5.76 Å². The molecular formula is C20H19FO7. The molecule has 28 heavy (non-hydrogen) atoms. The summed E-state index contributed by atoms with van der Waals surface area (Å²) >= 11 is 0. The summed E-state index contributed by atoms with van der Waals surface area (Å²) in [4.78, 5) is 35.2. The molecular weight excluding hydrogens is 371 g/mol. The fraction of sp³-hybridized carbons (Fsp3) is 0.250. The Hall–Kier alpha value is -3.42. The Bertz CT molecular complexity index is 894. The summed E-state index contributed by atoms with van der Waals surface area (Å²) in [7, 11) is 0. The minimum atomic E-state index is -1.13. The lowest BCUT2D eigenvalue weighted by atomic mass is 10.1. The van der Waals surface area contributed by atoms with E-state index in [1.165, 1.54) is 37.3 Å². The zero-order valence-electron chi connectivity index (χ0n) is 15.4. The fourth-order valence-electron chi connectivity index (χ4n) is 2.31. The van der Waals surface area contributed by atoms with E-state index in [1.807, 2.05) is 0 Å². The molecule has 0 aliphatic carbocycles. The van der Waals surface area contributed by atoms with Crippen LogP contribution < -0.4 is 0 Å². The van der Waals surface area contributed by atoms with Gasteiger partial charge in [0, 0.05) is 18.6 Å². The predicted molar refractivity (Wildman–Crippen MR) is 96.1 cm³/mol. The number of hydrogen-bond acceptors (Lipinski definition) is 7. The quantitative estimate of drug-likeness (QED) is 0.319. The van der Waals surface area contributed by atoms with Crippen molar-refractivity contribution in [2.75, 3.05) is 13.2 Å². The van der Waals surface area contributed by atoms with Crippen molar-refractivity contribution in [2.24, 2.45) is 0 Å². The number of esters is 2. The van der Waals surface area contributed by atoms with E-state index >= 15 is 0 Å². The van der Waals surface area contributed by atoms with Crippen molar-refractivity contribution in [1.29, 1.82) is 0 Å². The standard InChI is InChI=1S/C20H19FO7/c1-3-26-19(24)14-10-18(15(22)11-16(23)20(25)27-4-2)28-17(14)9-12-5-7-13(21)8-6-12/h5-8,10-11,22H,3-4,9H2,1-2H3. The average Bonchev–Trinajstić information content (AvgIpc) is 3.08. The molecule has 1 aromatic carbocycles. The van der Waals surface area contributed by atoms with Crippen LogP contribution in [0.5, 0.6) is 0 Å². The normalized spacial score (nSPS) is 11.2. The Kier molecular flexibility index (Phi) is 7.08. The monoisotopic (exact) mass is 390 g/mol. The molecule has 1 aromatic heterocycles. The number of ketones is 1. The average molecular weight is 390 g/mol. The van der Waals surface area contributed by atoms with Gasteiger partial charge < -0.3 is 19.0 Å². The van der Waals surface area contributed by atoms with Gasteiger partial charge in [0.1, 0.15) is 17.1 Å². The largest absolute Gasteiger partial charge is 0.504 e. The van der Waals surface area contributed by atoms with E-state index in [2.05, 4.69) is 4.74 Å². The van der Waals surface area contributed by atoms with Gasteiger partial charge in [-0.3, -0.25) is 4.79 Å². The van der Waals surface area contributed by atoms with Crippen molar-refractivity contribution in [3.63, 3.8) is 0 Å². The molecule has 2 aromatic rings. The molecule has 8 heteroatoms. The highest BCUT2D eigenvalue weighted by atomic mass is 19.1. The molecule has 0 unspecified atom stereocenters. The van der Waals surface area contributed by atoms with Crippen molar-refractivity contribution < 1.29 is 37.8 Å². The van der Waals surface area contributed by atoms with E-state index < -0.39 is 29.3 Å². The smallest absolute Gasteiger partial charge is 0.379 e. The van der Waals surface area contributed by atoms with Crippen LogP contribution in [-0.2, 0) is 25.5 Å². The highest BCUT2D eigenvalue weighted by Crippen LogP contribution is 2.24. The molecule has 0 fully saturated rings. The molecule has 0 aliphatic heterocycles. The highest BCUT2D eigenvalue weighted by Gasteiger charge is 2.22. The van der Waals surface area contributed by atoms with Gasteiger partial charge in [-0.25, -0.2) is 14.0 Å². The summed E-state index contributed by atoms with van der Waals surface area (Å²) in [5.74, 6) is -3.98. The van der Waals surface area contributed by atoms with Crippen LogP contribution in [0.4, 0.5) is 4.39 Å². The summed E-state index contributed by atoms with van der Waals surface area (Å²) in [6.07, 6.45) is 0.765. The summed E-state index contributed by atoms with van der Waals surface area (Å²) in [5, 5.41) is 10.1. The second-order valence-electron chi connectivity index (χ2n) is 5.59. The topological polar surface area (TPSA) is 103 Å². The summed E-state index contributed by atoms with van der Waals surface area (Å²) in [6, 6.07) is 6.78. The van der Waals surface area contributed by atoms with E-state index in [0.29, 0.717) is 11.6 Å². The van der Waals surface area contributed by atoms with Gasteiger partial charge in [-0.05, 0) is 31.5 Å². The Balaban J connectivity index is 2.35. The second kappa shape index (κ2) is 9.50. The third kappa shape index (κ3) is 5.29. The first kappa shape index (κ1) is 20.9. The third-order valence-electron chi connectivity index (χ3n) is 3.58. The van der Waals surface area contributed by atoms with Crippen molar-refractivity contribution in [3.8, 4) is 0 Å². The van der Waals surface area contributed by atoms with Crippen LogP contribution in [0.2, 0.25) is 0 Å². The number of halogens is 1. The molecule has 0 saturated heterocycles. The zero-order valence-corrected chi connectivity index (χ0v) is 15.4. The molecule has 7 nitrogen and oxygen atoms in total. The van der Waals surface area contributed by atoms with Crippen LogP contribution >= 0.6 is 0 Å². The third-order valence-corrected chi connectivity index (χ3v) is 3.58. The molecule has 1 heterocycles. The Morgan fingerprint density at radius 1 is 1.11 bits per heavy atom. The Labute approximate surface area is 160 Å². The van der Waals surface area contributed by atoms with Gasteiger partial charge in [-0.2, -0.15) is 0 Å². The number of hydrogen-bond donors (Lipinski definition) is 1. The highest BCUT2D eigenvalue weighted by molar-refractivity contribution is 6.39. The number of aliphatic hydroxyl groups excluding tert-OH is 1. The van der Waals surface area contributed by atoms with Crippen molar-refractivity contribution in [2.45, 2.75) is 20.3 Å². The maximum Gasteiger partial charge on any atom is 0.379 e. The molecule has 1 N–H and O–H groups in total. The van der Waals surface area contributed by atoms with Crippen LogP contribution in [0.1, 0.15) is 41.3 Å². The van der Waals surface area contributed by atoms with E-state index in [-0.39, 0.29) is 36.7 Å². The number of carbonyl (C=O) groups excluding carboxylic acids is 3. The lowest BCUT2D eigenvalue weighted by molar-refractivity contribution is -0.151. The van der Waals surface area contributed by atoms with Crippen molar-refractivity contribution in [3.05, 3.63) is 64.9 Å². The van der Waals surface area contributed by atoms with E-state index in [1.54, 1.807) is 6.92 Å². The summed E-state index contributed by atoms with van der Waals surface area (Å²) in [5.41, 5.74) is 0.698. The van der Waals surface area contributed by atoms with E-state index in [9.17, 15) is 23.9 Å². The fourth-order valence-corrected chi connectivity index (χ4v) is 2.31. The molecule has 148 valence electrons. The Morgan fingerprint density at radius 3 is 2.36 bits per heavy atom. The van der Waals surface area contributed by atoms with Gasteiger partial charge in [0.15, 0.2) is 11.5 Å². The Morgan fingerprint density at radius 2 is 1.75 bits per heavy atom. The molecule has 0 bridgehead atoms.